The molecule has 0 bridgehead atoms. The minimum atomic E-state index is -0.149. The minimum absolute atomic E-state index is 0.149. The smallest absolute Gasteiger partial charge is 0.126 e. The summed E-state index contributed by atoms with van der Waals surface area (Å²) in [5.41, 5.74) is 1.78. The summed E-state index contributed by atoms with van der Waals surface area (Å²) in [7, 11) is 1.68. The minimum Gasteiger partial charge on any atom is -0.383 e. The first kappa shape index (κ1) is 12.1. The Labute approximate surface area is 90.4 Å². The number of rotatable bonds is 5. The van der Waals surface area contributed by atoms with E-state index in [-0.39, 0.29) is 5.82 Å². The van der Waals surface area contributed by atoms with Gasteiger partial charge in [-0.25, -0.2) is 4.39 Å². The normalized spacial score (nSPS) is 12.8. The molecule has 0 aliphatic carbocycles. The number of aryl methyl sites for hydroxylation is 1. The van der Waals surface area contributed by atoms with E-state index in [2.05, 4.69) is 12.2 Å². The fourth-order valence-corrected chi connectivity index (χ4v) is 1.42. The van der Waals surface area contributed by atoms with Gasteiger partial charge in [0.25, 0.3) is 0 Å². The van der Waals surface area contributed by atoms with Crippen LogP contribution in [0, 0.1) is 12.7 Å². The Morgan fingerprint density at radius 2 is 2.20 bits per heavy atom. The fourth-order valence-electron chi connectivity index (χ4n) is 1.42. The Morgan fingerprint density at radius 3 is 2.80 bits per heavy atom. The van der Waals surface area contributed by atoms with Crippen LogP contribution >= 0.6 is 0 Å². The fraction of sp³-hybridized carbons (Fsp3) is 0.500. The molecule has 0 aromatic heterocycles. The molecular formula is C12H18FNO. The number of hydrogen-bond acceptors (Lipinski definition) is 2. The predicted octanol–water partition coefficient (Wildman–Crippen LogP) is 2.26. The van der Waals surface area contributed by atoms with Gasteiger partial charge in [0.1, 0.15) is 5.82 Å². The third-order valence-corrected chi connectivity index (χ3v) is 2.29. The van der Waals surface area contributed by atoms with Gasteiger partial charge in [-0.05, 0) is 31.0 Å². The molecule has 2 nitrogen and oxygen atoms in total. The Kier molecular flexibility index (Phi) is 4.72. The van der Waals surface area contributed by atoms with Crippen molar-refractivity contribution in [1.29, 1.82) is 0 Å². The van der Waals surface area contributed by atoms with Crippen molar-refractivity contribution >= 4 is 0 Å². The average Bonchev–Trinajstić information content (AvgIpc) is 2.20. The summed E-state index contributed by atoms with van der Waals surface area (Å²) < 4.78 is 18.0. The third kappa shape index (κ3) is 3.98. The van der Waals surface area contributed by atoms with E-state index in [9.17, 15) is 4.39 Å². The first-order valence-corrected chi connectivity index (χ1v) is 5.11. The number of ether oxygens (including phenoxy) is 1. The maximum Gasteiger partial charge on any atom is 0.126 e. The van der Waals surface area contributed by atoms with Crippen LogP contribution in [0.25, 0.3) is 0 Å². The second kappa shape index (κ2) is 5.83. The van der Waals surface area contributed by atoms with Crippen molar-refractivity contribution in [2.45, 2.75) is 26.4 Å². The van der Waals surface area contributed by atoms with E-state index in [0.717, 1.165) is 12.1 Å². The molecule has 3 heteroatoms. The van der Waals surface area contributed by atoms with Gasteiger partial charge in [0.15, 0.2) is 0 Å². The molecule has 15 heavy (non-hydrogen) atoms. The molecule has 0 unspecified atom stereocenters. The van der Waals surface area contributed by atoms with E-state index < -0.39 is 0 Å². The van der Waals surface area contributed by atoms with Crippen molar-refractivity contribution in [3.63, 3.8) is 0 Å². The highest BCUT2D eigenvalue weighted by Gasteiger charge is 2.02. The van der Waals surface area contributed by atoms with E-state index in [1.807, 2.05) is 6.07 Å². The molecule has 0 fully saturated rings. The molecule has 0 heterocycles. The van der Waals surface area contributed by atoms with Crippen LogP contribution in [-0.2, 0) is 11.3 Å². The molecule has 1 atom stereocenters. The first-order valence-electron chi connectivity index (χ1n) is 5.11. The quantitative estimate of drug-likeness (QED) is 0.806. The van der Waals surface area contributed by atoms with Crippen molar-refractivity contribution < 1.29 is 9.13 Å². The molecular weight excluding hydrogens is 193 g/mol. The summed E-state index contributed by atoms with van der Waals surface area (Å²) in [6.45, 7) is 5.25. The molecule has 0 saturated carbocycles. The van der Waals surface area contributed by atoms with Crippen molar-refractivity contribution in [2.75, 3.05) is 13.7 Å². The van der Waals surface area contributed by atoms with Crippen LogP contribution < -0.4 is 5.32 Å². The Balaban J connectivity index is 2.47. The lowest BCUT2D eigenvalue weighted by molar-refractivity contribution is 0.171. The van der Waals surface area contributed by atoms with E-state index in [1.54, 1.807) is 20.1 Å². The zero-order valence-electron chi connectivity index (χ0n) is 9.51. The van der Waals surface area contributed by atoms with Crippen molar-refractivity contribution in [1.82, 2.24) is 5.32 Å². The van der Waals surface area contributed by atoms with Gasteiger partial charge in [-0.3, -0.25) is 0 Å². The first-order chi connectivity index (χ1) is 7.13. The molecule has 0 amide bonds. The van der Waals surface area contributed by atoms with Gasteiger partial charge >= 0.3 is 0 Å². The van der Waals surface area contributed by atoms with Crippen LogP contribution in [0.2, 0.25) is 0 Å². The number of methoxy groups -OCH3 is 1. The highest BCUT2D eigenvalue weighted by atomic mass is 19.1. The summed E-state index contributed by atoms with van der Waals surface area (Å²) in [5, 5.41) is 3.30. The lowest BCUT2D eigenvalue weighted by Gasteiger charge is -2.12. The summed E-state index contributed by atoms with van der Waals surface area (Å²) >= 11 is 0. The second-order valence-corrected chi connectivity index (χ2v) is 3.82. The Hall–Kier alpha value is -0.930. The summed E-state index contributed by atoms with van der Waals surface area (Å²) in [4.78, 5) is 0. The number of halogens is 1. The SMILES string of the molecule is COC[C@@H](C)NCc1ccc(F)c(C)c1. The molecule has 0 spiro atoms. The Morgan fingerprint density at radius 1 is 1.47 bits per heavy atom. The largest absolute Gasteiger partial charge is 0.383 e. The van der Waals surface area contributed by atoms with Crippen LogP contribution in [0.4, 0.5) is 4.39 Å². The summed E-state index contributed by atoms with van der Waals surface area (Å²) in [6.07, 6.45) is 0. The van der Waals surface area contributed by atoms with E-state index in [1.165, 1.54) is 6.07 Å². The van der Waals surface area contributed by atoms with Gasteiger partial charge in [-0.1, -0.05) is 12.1 Å². The molecule has 1 N–H and O–H groups in total. The van der Waals surface area contributed by atoms with E-state index in [0.29, 0.717) is 18.2 Å². The van der Waals surface area contributed by atoms with Gasteiger partial charge in [0, 0.05) is 19.7 Å². The van der Waals surface area contributed by atoms with Crippen molar-refractivity contribution in [2.24, 2.45) is 0 Å². The van der Waals surface area contributed by atoms with Gasteiger partial charge < -0.3 is 10.1 Å². The molecule has 0 radical (unpaired) electrons. The number of hydrogen-bond donors (Lipinski definition) is 1. The van der Waals surface area contributed by atoms with Gasteiger partial charge in [0.05, 0.1) is 6.61 Å². The molecule has 0 saturated heterocycles. The van der Waals surface area contributed by atoms with Gasteiger partial charge in [0.2, 0.25) is 0 Å². The molecule has 1 rings (SSSR count). The second-order valence-electron chi connectivity index (χ2n) is 3.82. The standard InChI is InChI=1S/C12H18FNO/c1-9-6-11(4-5-12(9)13)7-14-10(2)8-15-3/h4-6,10,14H,7-8H2,1-3H3/t10-/m1/s1. The molecule has 1 aromatic carbocycles. The topological polar surface area (TPSA) is 21.3 Å². The molecule has 1 aromatic rings. The van der Waals surface area contributed by atoms with Crippen LogP contribution in [0.5, 0.6) is 0 Å². The van der Waals surface area contributed by atoms with E-state index >= 15 is 0 Å². The predicted molar refractivity (Wildman–Crippen MR) is 59.3 cm³/mol. The zero-order chi connectivity index (χ0) is 11.3. The zero-order valence-corrected chi connectivity index (χ0v) is 9.51. The number of nitrogens with one attached hydrogen (secondary N) is 1. The van der Waals surface area contributed by atoms with Crippen LogP contribution in [0.15, 0.2) is 18.2 Å². The van der Waals surface area contributed by atoms with Gasteiger partial charge in [-0.15, -0.1) is 0 Å². The lowest BCUT2D eigenvalue weighted by Crippen LogP contribution is -2.29. The molecule has 84 valence electrons. The van der Waals surface area contributed by atoms with Crippen molar-refractivity contribution in [3.05, 3.63) is 35.1 Å². The van der Waals surface area contributed by atoms with Crippen LogP contribution in [-0.4, -0.2) is 19.8 Å². The maximum atomic E-state index is 13.0. The monoisotopic (exact) mass is 211 g/mol. The van der Waals surface area contributed by atoms with Crippen molar-refractivity contribution in [3.8, 4) is 0 Å². The van der Waals surface area contributed by atoms with E-state index in [4.69, 9.17) is 4.74 Å². The highest BCUT2D eigenvalue weighted by molar-refractivity contribution is 5.23. The maximum absolute atomic E-state index is 13.0. The average molecular weight is 211 g/mol. The summed E-state index contributed by atoms with van der Waals surface area (Å²) in [5.74, 6) is -0.149. The molecule has 0 aliphatic heterocycles. The van der Waals surface area contributed by atoms with Gasteiger partial charge in [-0.2, -0.15) is 0 Å². The highest BCUT2D eigenvalue weighted by Crippen LogP contribution is 2.09. The molecule has 0 aliphatic rings. The van der Waals surface area contributed by atoms with Crippen LogP contribution in [0.1, 0.15) is 18.1 Å². The summed E-state index contributed by atoms with van der Waals surface area (Å²) in [6, 6.07) is 5.48. The lowest BCUT2D eigenvalue weighted by atomic mass is 10.1. The third-order valence-electron chi connectivity index (χ3n) is 2.29. The van der Waals surface area contributed by atoms with Crippen LogP contribution in [0.3, 0.4) is 0 Å². The number of benzene rings is 1. The Bertz CT molecular complexity index is 314.